The van der Waals surface area contributed by atoms with Crippen molar-refractivity contribution in [3.63, 3.8) is 0 Å². The monoisotopic (exact) mass is 417 g/mol. The molecular weight excluding hydrogens is 399 g/mol. The normalized spacial score (nSPS) is 18.0. The number of pyridine rings is 1. The van der Waals surface area contributed by atoms with Crippen molar-refractivity contribution < 1.29 is 26.4 Å². The van der Waals surface area contributed by atoms with Crippen molar-refractivity contribution >= 4 is 26.8 Å². The third kappa shape index (κ3) is 3.90. The lowest BCUT2D eigenvalue weighted by Gasteiger charge is -2.17. The summed E-state index contributed by atoms with van der Waals surface area (Å²) in [6.45, 7) is 1.99. The first-order chi connectivity index (χ1) is 13.0. The van der Waals surface area contributed by atoms with Crippen molar-refractivity contribution in [2.45, 2.75) is 24.8 Å². The van der Waals surface area contributed by atoms with Crippen molar-refractivity contribution in [1.29, 1.82) is 0 Å². The Morgan fingerprint density at radius 3 is 2.68 bits per heavy atom. The highest BCUT2D eigenvalue weighted by Crippen LogP contribution is 2.31. The zero-order valence-corrected chi connectivity index (χ0v) is 15.7. The fourth-order valence-corrected chi connectivity index (χ4v) is 4.62. The Morgan fingerprint density at radius 1 is 1.32 bits per heavy atom. The summed E-state index contributed by atoms with van der Waals surface area (Å²) >= 11 is 0. The van der Waals surface area contributed by atoms with Crippen LogP contribution in [0.4, 0.5) is 13.2 Å². The van der Waals surface area contributed by atoms with Crippen molar-refractivity contribution in [3.05, 3.63) is 45.7 Å². The summed E-state index contributed by atoms with van der Waals surface area (Å²) < 4.78 is 65.0. The first-order valence-corrected chi connectivity index (χ1v) is 10.1. The molecule has 7 nitrogen and oxygen atoms in total. The Bertz CT molecular complexity index is 1080. The molecule has 1 amide bonds. The predicted octanol–water partition coefficient (Wildman–Crippen LogP) is 1.70. The Balaban J connectivity index is 1.89. The van der Waals surface area contributed by atoms with Gasteiger partial charge < -0.3 is 9.88 Å². The highest BCUT2D eigenvalue weighted by Gasteiger charge is 2.36. The summed E-state index contributed by atoms with van der Waals surface area (Å²) in [6.07, 6.45) is -4.32. The van der Waals surface area contributed by atoms with Gasteiger partial charge in [-0.3, -0.25) is 9.59 Å². The van der Waals surface area contributed by atoms with E-state index < -0.39 is 38.5 Å². The minimum atomic E-state index is -4.55. The van der Waals surface area contributed by atoms with E-state index in [1.807, 2.05) is 0 Å². The maximum absolute atomic E-state index is 12.8. The molecule has 0 saturated carbocycles. The van der Waals surface area contributed by atoms with Crippen molar-refractivity contribution in [3.8, 4) is 0 Å². The number of carbonyl (C=O) groups is 1. The summed E-state index contributed by atoms with van der Waals surface area (Å²) in [5.41, 5.74) is -2.01. The number of benzene rings is 1. The number of sulfonamides is 1. The molecule has 1 aromatic carbocycles. The second kappa shape index (κ2) is 7.21. The van der Waals surface area contributed by atoms with Gasteiger partial charge in [0.2, 0.25) is 10.0 Å². The lowest BCUT2D eigenvalue weighted by molar-refractivity contribution is -0.137. The molecule has 3 rings (SSSR count). The number of rotatable bonds is 4. The number of hydrogen-bond acceptors (Lipinski definition) is 4. The molecule has 1 aliphatic rings. The number of nitrogens with zero attached hydrogens (tertiary/aromatic N) is 1. The van der Waals surface area contributed by atoms with Gasteiger partial charge in [-0.25, -0.2) is 13.1 Å². The van der Waals surface area contributed by atoms with Gasteiger partial charge in [0, 0.05) is 25.2 Å². The zero-order valence-electron chi connectivity index (χ0n) is 14.8. The van der Waals surface area contributed by atoms with Gasteiger partial charge in [0.05, 0.1) is 10.8 Å². The zero-order chi connectivity index (χ0) is 20.7. The molecule has 1 atom stereocenters. The molecule has 1 aromatic heterocycles. The summed E-state index contributed by atoms with van der Waals surface area (Å²) in [6, 6.07) is 4.07. The molecule has 2 heterocycles. The molecule has 152 valence electrons. The first-order valence-electron chi connectivity index (χ1n) is 8.55. The number of H-pyrrole nitrogens is 1. The van der Waals surface area contributed by atoms with Crippen LogP contribution >= 0.6 is 0 Å². The number of halogens is 3. The Morgan fingerprint density at radius 2 is 2.04 bits per heavy atom. The van der Waals surface area contributed by atoms with E-state index in [4.69, 9.17) is 0 Å². The van der Waals surface area contributed by atoms with E-state index in [1.54, 1.807) is 6.92 Å². The van der Waals surface area contributed by atoms with E-state index >= 15 is 0 Å². The SMILES string of the molecule is CCNS(=O)(=O)C1CCN(C(=O)c2cc3ccc(C(F)(F)F)cc3[nH]c2=O)C1. The third-order valence-electron chi connectivity index (χ3n) is 4.62. The molecule has 0 aliphatic carbocycles. The highest BCUT2D eigenvalue weighted by atomic mass is 32.2. The molecule has 0 spiro atoms. The lowest BCUT2D eigenvalue weighted by Crippen LogP contribution is -2.38. The van der Waals surface area contributed by atoms with Gasteiger partial charge >= 0.3 is 6.18 Å². The van der Waals surface area contributed by atoms with Crippen LogP contribution in [0.15, 0.2) is 29.1 Å². The molecular formula is C17H18F3N3O4S. The fraction of sp³-hybridized carbons (Fsp3) is 0.412. The number of hydrogen-bond donors (Lipinski definition) is 2. The lowest BCUT2D eigenvalue weighted by atomic mass is 10.1. The van der Waals surface area contributed by atoms with Crippen LogP contribution in [-0.2, 0) is 16.2 Å². The number of alkyl halides is 3. The maximum Gasteiger partial charge on any atom is 0.416 e. The number of carbonyl (C=O) groups excluding carboxylic acids is 1. The van der Waals surface area contributed by atoms with Crippen LogP contribution in [0.3, 0.4) is 0 Å². The fourth-order valence-electron chi connectivity index (χ4n) is 3.19. The number of aromatic amines is 1. The van der Waals surface area contributed by atoms with Crippen LogP contribution in [0.1, 0.15) is 29.3 Å². The van der Waals surface area contributed by atoms with Gasteiger partial charge in [0.15, 0.2) is 0 Å². The van der Waals surface area contributed by atoms with Crippen LogP contribution in [-0.4, -0.2) is 49.1 Å². The van der Waals surface area contributed by atoms with Crippen molar-refractivity contribution in [1.82, 2.24) is 14.6 Å². The second-order valence-electron chi connectivity index (χ2n) is 6.52. The first kappa shape index (κ1) is 20.3. The molecule has 1 aliphatic heterocycles. The van der Waals surface area contributed by atoms with Gasteiger partial charge in [0.1, 0.15) is 5.56 Å². The van der Waals surface area contributed by atoms with Crippen molar-refractivity contribution in [2.24, 2.45) is 0 Å². The Hall–Kier alpha value is -2.40. The van der Waals surface area contributed by atoms with Gasteiger partial charge in [-0.2, -0.15) is 13.2 Å². The molecule has 1 unspecified atom stereocenters. The van der Waals surface area contributed by atoms with E-state index in [9.17, 15) is 31.2 Å². The summed E-state index contributed by atoms with van der Waals surface area (Å²) in [5, 5.41) is -0.503. The van der Waals surface area contributed by atoms with Gasteiger partial charge in [0.25, 0.3) is 11.5 Å². The summed E-state index contributed by atoms with van der Waals surface area (Å²) in [4.78, 5) is 28.5. The van der Waals surface area contributed by atoms with E-state index in [1.165, 1.54) is 17.0 Å². The van der Waals surface area contributed by atoms with Crippen LogP contribution in [0.5, 0.6) is 0 Å². The van der Waals surface area contributed by atoms with E-state index in [-0.39, 0.29) is 42.5 Å². The topological polar surface area (TPSA) is 99.3 Å². The van der Waals surface area contributed by atoms with E-state index in [2.05, 4.69) is 9.71 Å². The van der Waals surface area contributed by atoms with E-state index in [0.717, 1.165) is 12.1 Å². The molecule has 1 fully saturated rings. The van der Waals surface area contributed by atoms with Crippen LogP contribution in [0.2, 0.25) is 0 Å². The third-order valence-corrected chi connectivity index (χ3v) is 6.57. The quantitative estimate of drug-likeness (QED) is 0.791. The second-order valence-corrected chi connectivity index (χ2v) is 8.56. The van der Waals surface area contributed by atoms with Crippen molar-refractivity contribution in [2.75, 3.05) is 19.6 Å². The van der Waals surface area contributed by atoms with Crippen LogP contribution in [0.25, 0.3) is 10.9 Å². The number of nitrogens with one attached hydrogen (secondary N) is 2. The maximum atomic E-state index is 12.8. The van der Waals surface area contributed by atoms with Crippen LogP contribution < -0.4 is 10.3 Å². The molecule has 1 saturated heterocycles. The molecule has 2 N–H and O–H groups in total. The average molecular weight is 417 g/mol. The Labute approximate surface area is 158 Å². The van der Waals surface area contributed by atoms with Gasteiger partial charge in [-0.1, -0.05) is 13.0 Å². The number of aromatic nitrogens is 1. The molecule has 2 aromatic rings. The minimum Gasteiger partial charge on any atom is -0.337 e. The molecule has 11 heteroatoms. The number of amides is 1. The largest absolute Gasteiger partial charge is 0.416 e. The number of likely N-dealkylation sites (tertiary alicyclic amines) is 1. The smallest absolute Gasteiger partial charge is 0.337 e. The average Bonchev–Trinajstić information content (AvgIpc) is 3.10. The molecule has 0 radical (unpaired) electrons. The van der Waals surface area contributed by atoms with E-state index in [0.29, 0.717) is 0 Å². The summed E-state index contributed by atoms with van der Waals surface area (Å²) in [5.74, 6) is -0.655. The molecule has 0 bridgehead atoms. The Kier molecular flexibility index (Phi) is 5.24. The van der Waals surface area contributed by atoms with Gasteiger partial charge in [-0.15, -0.1) is 0 Å². The van der Waals surface area contributed by atoms with Crippen LogP contribution in [0, 0.1) is 0 Å². The standard InChI is InChI=1S/C17H18F3N3O4S/c1-2-21-28(26,27)12-5-6-23(9-12)16(25)13-7-10-3-4-11(17(18,19)20)8-14(10)22-15(13)24/h3-4,7-8,12,21H,2,5-6,9H2,1H3,(H,22,24). The number of fused-ring (bicyclic) bond motifs is 1. The minimum absolute atomic E-state index is 0.0367. The predicted molar refractivity (Wildman–Crippen MR) is 96.5 cm³/mol. The summed E-state index contributed by atoms with van der Waals surface area (Å²) in [7, 11) is -3.56. The molecule has 28 heavy (non-hydrogen) atoms. The highest BCUT2D eigenvalue weighted by molar-refractivity contribution is 7.90. The van der Waals surface area contributed by atoms with Gasteiger partial charge in [-0.05, 0) is 30.0 Å².